The number of nitrogens with zero attached hydrogens (tertiary/aromatic N) is 1. The molecule has 0 aliphatic heterocycles. The zero-order chi connectivity index (χ0) is 14.3. The van der Waals surface area contributed by atoms with Gasteiger partial charge in [-0.25, -0.2) is 0 Å². The van der Waals surface area contributed by atoms with Gasteiger partial charge < -0.3 is 5.32 Å². The molecule has 3 heteroatoms. The summed E-state index contributed by atoms with van der Waals surface area (Å²) in [6, 6.07) is 2.48. The van der Waals surface area contributed by atoms with Crippen LogP contribution in [0, 0.1) is 22.7 Å². The van der Waals surface area contributed by atoms with Crippen LogP contribution in [0.5, 0.6) is 0 Å². The van der Waals surface area contributed by atoms with Crippen LogP contribution in [0.1, 0.15) is 72.1 Å². The van der Waals surface area contributed by atoms with Gasteiger partial charge in [-0.05, 0) is 38.0 Å². The van der Waals surface area contributed by atoms with Gasteiger partial charge >= 0.3 is 0 Å². The number of carbonyl (C=O) groups excluding carboxylic acids is 1. The summed E-state index contributed by atoms with van der Waals surface area (Å²) in [5, 5.41) is 12.5. The van der Waals surface area contributed by atoms with Gasteiger partial charge in [-0.1, -0.05) is 40.0 Å². The average Bonchev–Trinajstić information content (AvgIpc) is 2.48. The van der Waals surface area contributed by atoms with Crippen molar-refractivity contribution >= 4 is 5.91 Å². The molecule has 1 aliphatic rings. The predicted molar refractivity (Wildman–Crippen MR) is 77.4 cm³/mol. The molecule has 1 fully saturated rings. The van der Waals surface area contributed by atoms with E-state index in [-0.39, 0.29) is 11.9 Å². The highest BCUT2D eigenvalue weighted by molar-refractivity contribution is 5.85. The largest absolute Gasteiger partial charge is 0.352 e. The molecule has 1 atom stereocenters. The Bertz CT molecular complexity index is 322. The maximum atomic E-state index is 12.4. The Morgan fingerprint density at radius 1 is 1.26 bits per heavy atom. The molecule has 0 radical (unpaired) electrons. The molecule has 0 bridgehead atoms. The van der Waals surface area contributed by atoms with Gasteiger partial charge in [-0.2, -0.15) is 5.26 Å². The smallest absolute Gasteiger partial charge is 0.240 e. The predicted octanol–water partition coefficient (Wildman–Crippen LogP) is 3.79. The Morgan fingerprint density at radius 2 is 1.84 bits per heavy atom. The molecule has 0 saturated heterocycles. The van der Waals surface area contributed by atoms with Crippen LogP contribution < -0.4 is 5.32 Å². The molecule has 0 aromatic rings. The molecular formula is C16H28N2O. The van der Waals surface area contributed by atoms with Crippen molar-refractivity contribution in [3.63, 3.8) is 0 Å². The fourth-order valence-electron chi connectivity index (χ4n) is 3.18. The van der Waals surface area contributed by atoms with Crippen molar-refractivity contribution in [2.24, 2.45) is 11.3 Å². The minimum atomic E-state index is -0.831. The van der Waals surface area contributed by atoms with E-state index in [0.29, 0.717) is 18.8 Å². The summed E-state index contributed by atoms with van der Waals surface area (Å²) in [6.07, 6.45) is 8.47. The van der Waals surface area contributed by atoms with Crippen LogP contribution in [0.25, 0.3) is 0 Å². The van der Waals surface area contributed by atoms with Gasteiger partial charge in [0.1, 0.15) is 5.41 Å². The van der Waals surface area contributed by atoms with Crippen molar-refractivity contribution in [2.45, 2.75) is 78.2 Å². The van der Waals surface area contributed by atoms with Crippen LogP contribution in [0.2, 0.25) is 0 Å². The second kappa shape index (κ2) is 7.53. The third kappa shape index (κ3) is 3.72. The number of nitriles is 1. The molecule has 3 nitrogen and oxygen atoms in total. The van der Waals surface area contributed by atoms with E-state index in [1.807, 2.05) is 13.8 Å². The van der Waals surface area contributed by atoms with E-state index in [1.165, 1.54) is 32.1 Å². The highest BCUT2D eigenvalue weighted by Gasteiger charge is 2.37. The second-order valence-corrected chi connectivity index (χ2v) is 5.79. The lowest BCUT2D eigenvalue weighted by Crippen LogP contribution is -2.47. The lowest BCUT2D eigenvalue weighted by Gasteiger charge is -2.33. The first-order chi connectivity index (χ1) is 9.13. The summed E-state index contributed by atoms with van der Waals surface area (Å²) >= 11 is 0. The van der Waals surface area contributed by atoms with E-state index >= 15 is 0 Å². The first kappa shape index (κ1) is 16.0. The zero-order valence-electron chi connectivity index (χ0n) is 12.7. The fraction of sp³-hybridized carbons (Fsp3) is 0.875. The summed E-state index contributed by atoms with van der Waals surface area (Å²) in [5.74, 6) is 0.547. The van der Waals surface area contributed by atoms with E-state index in [9.17, 15) is 10.1 Å². The highest BCUT2D eigenvalue weighted by atomic mass is 16.2. The van der Waals surface area contributed by atoms with Crippen LogP contribution in [0.4, 0.5) is 0 Å². The summed E-state index contributed by atoms with van der Waals surface area (Å²) in [4.78, 5) is 12.4. The molecule has 0 spiro atoms. The number of hydrogen-bond donors (Lipinski definition) is 1. The van der Waals surface area contributed by atoms with Crippen LogP contribution in [0.3, 0.4) is 0 Å². The second-order valence-electron chi connectivity index (χ2n) is 5.79. The minimum Gasteiger partial charge on any atom is -0.352 e. The Balaban J connectivity index is 2.69. The van der Waals surface area contributed by atoms with Crippen molar-refractivity contribution in [1.82, 2.24) is 5.32 Å². The van der Waals surface area contributed by atoms with Gasteiger partial charge in [0.15, 0.2) is 0 Å². The lowest BCUT2D eigenvalue weighted by molar-refractivity contribution is -0.129. The van der Waals surface area contributed by atoms with Gasteiger partial charge in [-0.15, -0.1) is 0 Å². The maximum Gasteiger partial charge on any atom is 0.240 e. The van der Waals surface area contributed by atoms with E-state index < -0.39 is 5.41 Å². The highest BCUT2D eigenvalue weighted by Crippen LogP contribution is 2.30. The molecule has 1 N–H and O–H groups in total. The average molecular weight is 264 g/mol. The summed E-state index contributed by atoms with van der Waals surface area (Å²) in [5.41, 5.74) is -0.831. The molecule has 1 amide bonds. The van der Waals surface area contributed by atoms with E-state index in [2.05, 4.69) is 18.3 Å². The first-order valence-corrected chi connectivity index (χ1v) is 7.85. The molecule has 0 heterocycles. The molecule has 1 aliphatic carbocycles. The van der Waals surface area contributed by atoms with E-state index in [4.69, 9.17) is 0 Å². The Kier molecular flexibility index (Phi) is 6.34. The van der Waals surface area contributed by atoms with E-state index in [1.54, 1.807) is 0 Å². The summed E-state index contributed by atoms with van der Waals surface area (Å²) in [6.45, 7) is 5.98. The topological polar surface area (TPSA) is 52.9 Å². The van der Waals surface area contributed by atoms with Crippen LogP contribution in [-0.4, -0.2) is 11.9 Å². The minimum absolute atomic E-state index is 0.0579. The van der Waals surface area contributed by atoms with Crippen LogP contribution >= 0.6 is 0 Å². The standard InChI is InChI=1S/C16H28N2O/c1-4-14(13-10-8-7-9-11-13)18-15(19)16(5-2,6-3)12-17/h13-14H,4-11H2,1-3H3,(H,18,19). The normalized spacial score (nSPS) is 18.6. The number of rotatable bonds is 6. The van der Waals surface area contributed by atoms with Crippen molar-refractivity contribution in [1.29, 1.82) is 5.26 Å². The van der Waals surface area contributed by atoms with Crippen LogP contribution in [0.15, 0.2) is 0 Å². The first-order valence-electron chi connectivity index (χ1n) is 7.85. The van der Waals surface area contributed by atoms with Crippen LogP contribution in [-0.2, 0) is 4.79 Å². The number of carbonyl (C=O) groups is 1. The number of amides is 1. The molecule has 1 unspecified atom stereocenters. The van der Waals surface area contributed by atoms with E-state index in [0.717, 1.165) is 6.42 Å². The van der Waals surface area contributed by atoms with Gasteiger partial charge in [0, 0.05) is 6.04 Å². The molecule has 1 rings (SSSR count). The van der Waals surface area contributed by atoms with Crippen molar-refractivity contribution < 1.29 is 4.79 Å². The molecular weight excluding hydrogens is 236 g/mol. The van der Waals surface area contributed by atoms with Crippen molar-refractivity contribution in [3.8, 4) is 6.07 Å². The monoisotopic (exact) mass is 264 g/mol. The number of nitrogens with one attached hydrogen (secondary N) is 1. The Morgan fingerprint density at radius 3 is 2.26 bits per heavy atom. The molecule has 0 aromatic carbocycles. The maximum absolute atomic E-state index is 12.4. The summed E-state index contributed by atoms with van der Waals surface area (Å²) < 4.78 is 0. The third-order valence-electron chi connectivity index (χ3n) is 4.83. The molecule has 0 aromatic heterocycles. The van der Waals surface area contributed by atoms with Crippen molar-refractivity contribution in [2.75, 3.05) is 0 Å². The Labute approximate surface area is 117 Å². The molecule has 19 heavy (non-hydrogen) atoms. The quantitative estimate of drug-likeness (QED) is 0.793. The van der Waals surface area contributed by atoms with Gasteiger partial charge in [0.25, 0.3) is 0 Å². The molecule has 108 valence electrons. The third-order valence-corrected chi connectivity index (χ3v) is 4.83. The number of hydrogen-bond acceptors (Lipinski definition) is 2. The fourth-order valence-corrected chi connectivity index (χ4v) is 3.18. The summed E-state index contributed by atoms with van der Waals surface area (Å²) in [7, 11) is 0. The van der Waals surface area contributed by atoms with Crippen molar-refractivity contribution in [3.05, 3.63) is 0 Å². The lowest BCUT2D eigenvalue weighted by atomic mass is 9.80. The molecule has 1 saturated carbocycles. The van der Waals surface area contributed by atoms with Gasteiger partial charge in [0.05, 0.1) is 6.07 Å². The Hall–Kier alpha value is -1.04. The van der Waals surface area contributed by atoms with Gasteiger partial charge in [0.2, 0.25) is 5.91 Å². The SMILES string of the molecule is CCC(NC(=O)C(C#N)(CC)CC)C1CCCCC1. The van der Waals surface area contributed by atoms with Gasteiger partial charge in [-0.3, -0.25) is 4.79 Å². The zero-order valence-corrected chi connectivity index (χ0v) is 12.7.